The molecule has 12 aromatic carbocycles. The van der Waals surface area contributed by atoms with Gasteiger partial charge in [0.15, 0.2) is 16.1 Å². The van der Waals surface area contributed by atoms with Crippen LogP contribution in [0, 0.1) is 0 Å². The second kappa shape index (κ2) is 18.9. The Morgan fingerprint density at radius 3 is 1.16 bits per heavy atom. The molecule has 0 atom stereocenters. The summed E-state index contributed by atoms with van der Waals surface area (Å²) >= 11 is 0. The van der Waals surface area contributed by atoms with E-state index in [1.54, 1.807) is 0 Å². The van der Waals surface area contributed by atoms with Gasteiger partial charge in [0.05, 0.1) is 11.0 Å². The maximum absolute atomic E-state index is 6.32. The number of fused-ring (bicyclic) bond motifs is 6. The van der Waals surface area contributed by atoms with Crippen molar-refractivity contribution in [1.82, 2.24) is 4.57 Å². The van der Waals surface area contributed by atoms with Crippen molar-refractivity contribution in [2.75, 3.05) is 0 Å². The molecule has 358 valence electrons. The lowest BCUT2D eigenvalue weighted by Crippen LogP contribution is -2.78. The first-order chi connectivity index (χ1) is 37.7. The lowest BCUT2D eigenvalue weighted by Gasteiger charge is -2.38. The van der Waals surface area contributed by atoms with Crippen LogP contribution in [-0.4, -0.2) is 20.7 Å². The molecule has 2 aromatic heterocycles. The van der Waals surface area contributed by atoms with Gasteiger partial charge in [-0.2, -0.15) is 0 Å². The third kappa shape index (κ3) is 7.21. The highest BCUT2D eigenvalue weighted by molar-refractivity contribution is 7.22. The zero-order valence-electron chi connectivity index (χ0n) is 41.8. The number of para-hydroxylation sites is 2. The standard InChI is InChI=1S/C72H51NOSi2/c1-7-26-54(27-8-1)75(55-28-9-2-10-29-55,56-30-11-3-12-31-56)60-49-53(50-61(51-60)76(57-32-13-4-14-33-57,58-34-15-5-16-35-58)59-36-17-6-18-37-59)73-68-43-23-21-41-66(68)72-65(42-25-44-69(72)73)63-39-20-19-38-62(63)52-46-47-71-67(48-52)64-40-22-24-45-70(64)74-71/h1-51H. The number of benzene rings is 12. The van der Waals surface area contributed by atoms with Gasteiger partial charge in [-0.25, -0.2) is 0 Å². The van der Waals surface area contributed by atoms with Crippen molar-refractivity contribution in [2.24, 2.45) is 0 Å². The van der Waals surface area contributed by atoms with Crippen LogP contribution < -0.4 is 41.5 Å². The van der Waals surface area contributed by atoms with E-state index in [2.05, 4.69) is 308 Å². The lowest BCUT2D eigenvalue weighted by molar-refractivity contribution is 0.669. The molecule has 0 N–H and O–H groups in total. The summed E-state index contributed by atoms with van der Waals surface area (Å²) in [5.41, 5.74) is 9.97. The van der Waals surface area contributed by atoms with Crippen molar-refractivity contribution in [1.29, 1.82) is 0 Å². The Labute approximate surface area is 445 Å². The predicted octanol–water partition coefficient (Wildman–Crippen LogP) is 12.8. The zero-order chi connectivity index (χ0) is 50.5. The van der Waals surface area contributed by atoms with E-state index in [-0.39, 0.29) is 0 Å². The Hall–Kier alpha value is -9.33. The first-order valence-corrected chi connectivity index (χ1v) is 30.2. The van der Waals surface area contributed by atoms with Gasteiger partial charge >= 0.3 is 0 Å². The van der Waals surface area contributed by atoms with Crippen molar-refractivity contribution in [3.05, 3.63) is 309 Å². The highest BCUT2D eigenvalue weighted by atomic mass is 28.3. The Bertz CT molecular complexity index is 4040. The molecule has 0 bridgehead atoms. The Morgan fingerprint density at radius 1 is 0.250 bits per heavy atom. The normalized spacial score (nSPS) is 11.9. The van der Waals surface area contributed by atoms with Crippen LogP contribution in [0.5, 0.6) is 0 Å². The minimum atomic E-state index is -3.13. The van der Waals surface area contributed by atoms with E-state index in [1.807, 2.05) is 6.07 Å². The van der Waals surface area contributed by atoms with Gasteiger partial charge < -0.3 is 8.98 Å². The Morgan fingerprint density at radius 2 is 0.645 bits per heavy atom. The fourth-order valence-electron chi connectivity index (χ4n) is 12.7. The molecule has 14 aromatic rings. The van der Waals surface area contributed by atoms with Crippen LogP contribution >= 0.6 is 0 Å². The molecule has 0 fully saturated rings. The smallest absolute Gasteiger partial charge is 0.179 e. The van der Waals surface area contributed by atoms with Gasteiger partial charge in [-0.3, -0.25) is 0 Å². The molecule has 0 spiro atoms. The molecule has 14 rings (SSSR count). The molecule has 0 radical (unpaired) electrons. The first-order valence-electron chi connectivity index (χ1n) is 26.2. The average molecular weight is 1000 g/mol. The molecule has 0 amide bonds. The molecule has 0 aliphatic rings. The third-order valence-corrected chi connectivity index (χ3v) is 25.4. The highest BCUT2D eigenvalue weighted by Crippen LogP contribution is 2.43. The predicted molar refractivity (Wildman–Crippen MR) is 326 cm³/mol. The van der Waals surface area contributed by atoms with Gasteiger partial charge in [-0.05, 0) is 106 Å². The largest absolute Gasteiger partial charge is 0.456 e. The van der Waals surface area contributed by atoms with Crippen molar-refractivity contribution >= 4 is 101 Å². The van der Waals surface area contributed by atoms with Crippen LogP contribution in [0.15, 0.2) is 314 Å². The van der Waals surface area contributed by atoms with E-state index >= 15 is 0 Å². The average Bonchev–Trinajstić information content (AvgIpc) is 4.06. The Kier molecular flexibility index (Phi) is 11.2. The number of furan rings is 1. The van der Waals surface area contributed by atoms with Crippen LogP contribution in [-0.2, 0) is 0 Å². The van der Waals surface area contributed by atoms with E-state index in [0.29, 0.717) is 0 Å². The molecule has 0 aliphatic carbocycles. The van der Waals surface area contributed by atoms with Crippen LogP contribution in [0.25, 0.3) is 71.7 Å². The van der Waals surface area contributed by atoms with Gasteiger partial charge in [0.2, 0.25) is 0 Å². The number of aromatic nitrogens is 1. The fraction of sp³-hybridized carbons (Fsp3) is 0. The monoisotopic (exact) mass is 1000 g/mol. The number of hydrogen-bond donors (Lipinski definition) is 0. The van der Waals surface area contributed by atoms with Crippen molar-refractivity contribution < 1.29 is 4.42 Å². The minimum Gasteiger partial charge on any atom is -0.456 e. The summed E-state index contributed by atoms with van der Waals surface area (Å²) in [6.07, 6.45) is 0. The molecule has 0 aliphatic heterocycles. The second-order valence-electron chi connectivity index (χ2n) is 19.9. The van der Waals surface area contributed by atoms with Crippen LogP contribution in [0.4, 0.5) is 0 Å². The molecule has 76 heavy (non-hydrogen) atoms. The molecule has 0 saturated heterocycles. The van der Waals surface area contributed by atoms with Crippen molar-refractivity contribution in [3.8, 4) is 27.9 Å². The van der Waals surface area contributed by atoms with Gasteiger partial charge in [-0.1, -0.05) is 267 Å². The number of rotatable bonds is 11. The quantitative estimate of drug-likeness (QED) is 0.0933. The molecule has 2 heterocycles. The van der Waals surface area contributed by atoms with Crippen LogP contribution in [0.1, 0.15) is 0 Å². The van der Waals surface area contributed by atoms with E-state index in [1.165, 1.54) is 69.0 Å². The first kappa shape index (κ1) is 45.3. The molecule has 4 heteroatoms. The molecule has 2 nitrogen and oxygen atoms in total. The minimum absolute atomic E-state index is 0.895. The molecule has 0 unspecified atom stereocenters. The summed E-state index contributed by atoms with van der Waals surface area (Å²) < 4.78 is 8.90. The highest BCUT2D eigenvalue weighted by Gasteiger charge is 2.46. The summed E-state index contributed by atoms with van der Waals surface area (Å²) in [5, 5.41) is 15.4. The van der Waals surface area contributed by atoms with Gasteiger partial charge in [0, 0.05) is 27.2 Å². The topological polar surface area (TPSA) is 18.1 Å². The van der Waals surface area contributed by atoms with Gasteiger partial charge in [0.1, 0.15) is 11.2 Å². The molecule has 0 saturated carbocycles. The van der Waals surface area contributed by atoms with Crippen LogP contribution in [0.2, 0.25) is 0 Å². The number of nitrogens with zero attached hydrogens (tertiary/aromatic N) is 1. The summed E-state index contributed by atoms with van der Waals surface area (Å²) in [7, 11) is -6.26. The van der Waals surface area contributed by atoms with E-state index in [4.69, 9.17) is 4.42 Å². The van der Waals surface area contributed by atoms with Crippen molar-refractivity contribution in [3.63, 3.8) is 0 Å². The maximum atomic E-state index is 6.32. The van der Waals surface area contributed by atoms with Crippen LogP contribution in [0.3, 0.4) is 0 Å². The van der Waals surface area contributed by atoms with Gasteiger partial charge in [0.25, 0.3) is 0 Å². The maximum Gasteiger partial charge on any atom is 0.179 e. The SMILES string of the molecule is c1ccc([Si](c2ccccc2)(c2ccccc2)c2cc(-n3c4ccccc4c4c(-c5ccccc5-c5ccc6oc7ccccc7c6c5)cccc43)cc([Si](c3ccccc3)(c3ccccc3)c3ccccc3)c2)cc1. The van der Waals surface area contributed by atoms with Crippen molar-refractivity contribution in [2.45, 2.75) is 0 Å². The lowest BCUT2D eigenvalue weighted by atomic mass is 9.91. The fourth-order valence-corrected chi connectivity index (χ4v) is 22.5. The third-order valence-electron chi connectivity index (χ3n) is 15.9. The van der Waals surface area contributed by atoms with E-state index in [0.717, 1.165) is 44.2 Å². The molecular formula is C72H51NOSi2. The number of hydrogen-bond acceptors (Lipinski definition) is 1. The second-order valence-corrected chi connectivity index (χ2v) is 27.5. The van der Waals surface area contributed by atoms with E-state index in [9.17, 15) is 0 Å². The van der Waals surface area contributed by atoms with E-state index < -0.39 is 16.1 Å². The zero-order valence-corrected chi connectivity index (χ0v) is 43.8. The van der Waals surface area contributed by atoms with Gasteiger partial charge in [-0.15, -0.1) is 0 Å². The summed E-state index contributed by atoms with van der Waals surface area (Å²) in [4.78, 5) is 0. The molecular weight excluding hydrogens is 951 g/mol. The Balaban J connectivity index is 1.12. The summed E-state index contributed by atoms with van der Waals surface area (Å²) in [5.74, 6) is 0. The summed E-state index contributed by atoms with van der Waals surface area (Å²) in [6, 6.07) is 116. The summed E-state index contributed by atoms with van der Waals surface area (Å²) in [6.45, 7) is 0.